The van der Waals surface area contributed by atoms with Crippen LogP contribution in [0.3, 0.4) is 0 Å². The summed E-state index contributed by atoms with van der Waals surface area (Å²) in [6.45, 7) is 4.29. The lowest BCUT2D eigenvalue weighted by molar-refractivity contribution is -0.128. The maximum Gasteiger partial charge on any atom is 0.221 e. The molecule has 0 bridgehead atoms. The number of primary amides is 1. The van der Waals surface area contributed by atoms with E-state index in [4.69, 9.17) is 5.73 Å². The largest absolute Gasteiger partial charge is 0.369 e. The average molecular weight is 238 g/mol. The number of nitrogens with one attached hydrogen (secondary N) is 1. The molecule has 0 aromatic carbocycles. The Morgan fingerprint density at radius 2 is 2.06 bits per heavy atom. The van der Waals surface area contributed by atoms with Crippen LogP contribution < -0.4 is 11.1 Å². The fourth-order valence-electron chi connectivity index (χ4n) is 2.27. The summed E-state index contributed by atoms with van der Waals surface area (Å²) < 4.78 is 0. The molecule has 1 aliphatic rings. The molecular formula is C13H22N2O2. The predicted octanol–water partition coefficient (Wildman–Crippen LogP) is 1.36. The number of hydrogen-bond acceptors (Lipinski definition) is 2. The van der Waals surface area contributed by atoms with Crippen molar-refractivity contribution in [1.29, 1.82) is 0 Å². The highest BCUT2D eigenvalue weighted by Gasteiger charge is 2.20. The number of allylic oxidation sites excluding steroid dienone is 1. The van der Waals surface area contributed by atoms with Gasteiger partial charge in [-0.05, 0) is 25.2 Å². The maximum atomic E-state index is 11.6. The van der Waals surface area contributed by atoms with Crippen molar-refractivity contribution in [3.8, 4) is 0 Å². The van der Waals surface area contributed by atoms with Gasteiger partial charge >= 0.3 is 0 Å². The van der Waals surface area contributed by atoms with E-state index in [2.05, 4.69) is 11.9 Å². The van der Waals surface area contributed by atoms with Crippen LogP contribution >= 0.6 is 0 Å². The topological polar surface area (TPSA) is 72.2 Å². The van der Waals surface area contributed by atoms with E-state index >= 15 is 0 Å². The molecule has 1 atom stereocenters. The third kappa shape index (κ3) is 5.02. The second kappa shape index (κ2) is 7.09. The predicted molar refractivity (Wildman–Crippen MR) is 67.1 cm³/mol. The van der Waals surface area contributed by atoms with E-state index in [0.29, 0.717) is 12.3 Å². The number of carbonyl (C=O) groups is 2. The van der Waals surface area contributed by atoms with Gasteiger partial charge in [0.05, 0.1) is 0 Å². The Morgan fingerprint density at radius 3 is 2.59 bits per heavy atom. The van der Waals surface area contributed by atoms with Crippen LogP contribution in [0.15, 0.2) is 12.7 Å². The molecule has 1 unspecified atom stereocenters. The number of hydrogen-bond donors (Lipinski definition) is 2. The van der Waals surface area contributed by atoms with Gasteiger partial charge in [0.1, 0.15) is 0 Å². The Morgan fingerprint density at radius 1 is 1.41 bits per heavy atom. The van der Waals surface area contributed by atoms with Crippen LogP contribution in [0.1, 0.15) is 38.5 Å². The smallest absolute Gasteiger partial charge is 0.221 e. The molecule has 0 saturated heterocycles. The van der Waals surface area contributed by atoms with Gasteiger partial charge in [-0.1, -0.05) is 18.9 Å². The van der Waals surface area contributed by atoms with Crippen molar-refractivity contribution in [2.45, 2.75) is 38.5 Å². The molecule has 0 aromatic heterocycles. The van der Waals surface area contributed by atoms with Crippen molar-refractivity contribution < 1.29 is 9.59 Å². The van der Waals surface area contributed by atoms with Gasteiger partial charge in [-0.15, -0.1) is 6.58 Å². The van der Waals surface area contributed by atoms with E-state index in [0.717, 1.165) is 6.54 Å². The summed E-state index contributed by atoms with van der Waals surface area (Å²) in [5.74, 6) is -0.315. The Kier molecular flexibility index (Phi) is 5.73. The van der Waals surface area contributed by atoms with Crippen molar-refractivity contribution in [3.05, 3.63) is 12.7 Å². The lowest BCUT2D eigenvalue weighted by Gasteiger charge is -2.13. The summed E-state index contributed by atoms with van der Waals surface area (Å²) >= 11 is 0. The van der Waals surface area contributed by atoms with E-state index in [9.17, 15) is 9.59 Å². The molecule has 0 aliphatic heterocycles. The maximum absolute atomic E-state index is 11.6. The van der Waals surface area contributed by atoms with Gasteiger partial charge in [-0.3, -0.25) is 9.59 Å². The van der Waals surface area contributed by atoms with Crippen LogP contribution in [0.4, 0.5) is 0 Å². The Bertz CT molecular complexity index is 283. The number of nitrogens with two attached hydrogens (primary N) is 1. The van der Waals surface area contributed by atoms with Gasteiger partial charge in [-0.2, -0.15) is 0 Å². The highest BCUT2D eigenvalue weighted by atomic mass is 16.2. The summed E-state index contributed by atoms with van der Waals surface area (Å²) in [6, 6.07) is 0. The van der Waals surface area contributed by atoms with Gasteiger partial charge in [0.15, 0.2) is 0 Å². The summed E-state index contributed by atoms with van der Waals surface area (Å²) in [5.41, 5.74) is 5.22. The molecule has 2 amide bonds. The minimum atomic E-state index is -0.430. The number of rotatable bonds is 7. The molecule has 4 heteroatoms. The fourth-order valence-corrected chi connectivity index (χ4v) is 2.27. The first-order valence-electron chi connectivity index (χ1n) is 6.30. The second-order valence-electron chi connectivity index (χ2n) is 4.78. The van der Waals surface area contributed by atoms with E-state index < -0.39 is 11.8 Å². The third-order valence-electron chi connectivity index (χ3n) is 3.35. The van der Waals surface area contributed by atoms with Crippen LogP contribution in [-0.2, 0) is 9.59 Å². The SMILES string of the molecule is C=CCC(CC(=O)NCC1CCCC1)C(N)=O. The minimum Gasteiger partial charge on any atom is -0.369 e. The first kappa shape index (κ1) is 13.7. The molecule has 0 heterocycles. The molecule has 4 nitrogen and oxygen atoms in total. The number of carbonyl (C=O) groups excluding carboxylic acids is 2. The molecule has 0 aromatic rings. The van der Waals surface area contributed by atoms with E-state index in [1.165, 1.54) is 25.7 Å². The Balaban J connectivity index is 2.26. The molecule has 1 rings (SSSR count). The van der Waals surface area contributed by atoms with Gasteiger partial charge in [0.25, 0.3) is 0 Å². The zero-order valence-electron chi connectivity index (χ0n) is 10.3. The van der Waals surface area contributed by atoms with Crippen LogP contribution in [-0.4, -0.2) is 18.4 Å². The number of amides is 2. The molecule has 0 spiro atoms. The van der Waals surface area contributed by atoms with Crippen molar-refractivity contribution in [1.82, 2.24) is 5.32 Å². The summed E-state index contributed by atoms with van der Waals surface area (Å²) in [4.78, 5) is 22.7. The summed E-state index contributed by atoms with van der Waals surface area (Å²) in [6.07, 6.45) is 7.19. The fraction of sp³-hybridized carbons (Fsp3) is 0.692. The van der Waals surface area contributed by atoms with Crippen LogP contribution in [0.5, 0.6) is 0 Å². The molecular weight excluding hydrogens is 216 g/mol. The Hall–Kier alpha value is -1.32. The van der Waals surface area contributed by atoms with Crippen LogP contribution in [0.25, 0.3) is 0 Å². The molecule has 1 aliphatic carbocycles. The first-order valence-corrected chi connectivity index (χ1v) is 6.30. The van der Waals surface area contributed by atoms with Crippen molar-refractivity contribution in [3.63, 3.8) is 0 Å². The highest BCUT2D eigenvalue weighted by molar-refractivity contribution is 5.84. The lowest BCUT2D eigenvalue weighted by Crippen LogP contribution is -2.33. The lowest BCUT2D eigenvalue weighted by atomic mass is 10.00. The van der Waals surface area contributed by atoms with Gasteiger partial charge < -0.3 is 11.1 Å². The molecule has 1 saturated carbocycles. The van der Waals surface area contributed by atoms with Crippen molar-refractivity contribution in [2.75, 3.05) is 6.54 Å². The highest BCUT2D eigenvalue weighted by Crippen LogP contribution is 2.23. The zero-order valence-corrected chi connectivity index (χ0v) is 10.3. The van der Waals surface area contributed by atoms with Gasteiger partial charge in [0.2, 0.25) is 11.8 Å². The molecule has 96 valence electrons. The second-order valence-corrected chi connectivity index (χ2v) is 4.78. The standard InChI is InChI=1S/C13H22N2O2/c1-2-5-11(13(14)17)8-12(16)15-9-10-6-3-4-7-10/h2,10-11H,1,3-9H2,(H2,14,17)(H,15,16). The monoisotopic (exact) mass is 238 g/mol. The third-order valence-corrected chi connectivity index (χ3v) is 3.35. The van der Waals surface area contributed by atoms with Crippen molar-refractivity contribution in [2.24, 2.45) is 17.6 Å². The summed E-state index contributed by atoms with van der Waals surface area (Å²) in [7, 11) is 0. The van der Waals surface area contributed by atoms with E-state index in [1.54, 1.807) is 6.08 Å². The van der Waals surface area contributed by atoms with E-state index in [1.807, 2.05) is 0 Å². The van der Waals surface area contributed by atoms with Crippen LogP contribution in [0.2, 0.25) is 0 Å². The minimum absolute atomic E-state index is 0.0810. The average Bonchev–Trinajstić information content (AvgIpc) is 2.78. The molecule has 1 fully saturated rings. The zero-order chi connectivity index (χ0) is 12.7. The van der Waals surface area contributed by atoms with Gasteiger partial charge in [-0.25, -0.2) is 0 Å². The summed E-state index contributed by atoms with van der Waals surface area (Å²) in [5, 5.41) is 2.89. The molecule has 0 radical (unpaired) electrons. The van der Waals surface area contributed by atoms with E-state index in [-0.39, 0.29) is 12.3 Å². The van der Waals surface area contributed by atoms with Crippen LogP contribution in [0, 0.1) is 11.8 Å². The first-order chi connectivity index (χ1) is 8.13. The molecule has 3 N–H and O–H groups in total. The normalized spacial score (nSPS) is 17.6. The quantitative estimate of drug-likeness (QED) is 0.657. The Labute approximate surface area is 103 Å². The van der Waals surface area contributed by atoms with Crippen molar-refractivity contribution >= 4 is 11.8 Å². The van der Waals surface area contributed by atoms with Gasteiger partial charge in [0, 0.05) is 18.9 Å². The molecule has 17 heavy (non-hydrogen) atoms.